The molecule has 0 saturated heterocycles. The fourth-order valence-corrected chi connectivity index (χ4v) is 0.496. The number of carbonyl (C=O) groups excluding carboxylic acids is 2. The second-order valence-electron chi connectivity index (χ2n) is 1.98. The minimum absolute atomic E-state index is 0. The Labute approximate surface area is 80.9 Å². The van der Waals surface area contributed by atoms with E-state index in [0.717, 1.165) is 0 Å². The zero-order valence-electron chi connectivity index (χ0n) is 6.70. The molecule has 0 aliphatic carbocycles. The van der Waals surface area contributed by atoms with Gasteiger partial charge in [0.05, 0.1) is 6.42 Å². The van der Waals surface area contributed by atoms with Crippen molar-refractivity contribution in [2.75, 3.05) is 0 Å². The molecule has 0 atom stereocenters. The molecule has 62 valence electrons. The average molecular weight is 166 g/mol. The second kappa shape index (κ2) is 6.89. The summed E-state index contributed by atoms with van der Waals surface area (Å²) in [6.07, 6.45) is -1.28. The molecule has 0 rings (SSSR count). The van der Waals surface area contributed by atoms with Crippen molar-refractivity contribution in [3.05, 3.63) is 0 Å². The molecule has 6 heteroatoms. The van der Waals surface area contributed by atoms with E-state index in [1.54, 1.807) is 0 Å². The van der Waals surface area contributed by atoms with Crippen LogP contribution in [0.1, 0.15) is 19.3 Å². The van der Waals surface area contributed by atoms with Gasteiger partial charge >= 0.3 is 24.8 Å². The largest absolute Gasteiger partial charge is 1.00 e. The SMILES string of the molecule is O=C([O-])CC(=O)CCC(=O)O.[Li+]. The Bertz CT molecular complexity index is 188. The number of carbonyl (C=O) groups is 3. The van der Waals surface area contributed by atoms with Gasteiger partial charge in [0, 0.05) is 18.8 Å². The molecule has 0 aliphatic heterocycles. The van der Waals surface area contributed by atoms with Gasteiger partial charge in [-0.25, -0.2) is 0 Å². The molecule has 5 nitrogen and oxygen atoms in total. The molecular formula is C6H7LiO5. The van der Waals surface area contributed by atoms with Crippen molar-refractivity contribution >= 4 is 17.7 Å². The summed E-state index contributed by atoms with van der Waals surface area (Å²) in [4.78, 5) is 30.1. The summed E-state index contributed by atoms with van der Waals surface area (Å²) in [5.41, 5.74) is 0. The Hall–Kier alpha value is -0.793. The molecule has 0 radical (unpaired) electrons. The fourth-order valence-electron chi connectivity index (χ4n) is 0.496. The van der Waals surface area contributed by atoms with Crippen LogP contribution in [0.4, 0.5) is 0 Å². The first-order valence-corrected chi connectivity index (χ1v) is 2.95. The van der Waals surface area contributed by atoms with Crippen LogP contribution in [0.2, 0.25) is 0 Å². The van der Waals surface area contributed by atoms with E-state index >= 15 is 0 Å². The van der Waals surface area contributed by atoms with Crippen molar-refractivity contribution in [1.82, 2.24) is 0 Å². The Kier molecular flexibility index (Phi) is 7.91. The van der Waals surface area contributed by atoms with E-state index in [4.69, 9.17) is 5.11 Å². The molecule has 0 bridgehead atoms. The minimum atomic E-state index is -1.47. The molecule has 0 unspecified atom stereocenters. The molecule has 1 N–H and O–H groups in total. The standard InChI is InChI=1S/C6H8O5.Li/c7-4(3-6(10)11)1-2-5(8)9;/h1-3H2,(H,8,9)(H,10,11);/q;+1/p-1. The van der Waals surface area contributed by atoms with Crippen LogP contribution in [0.15, 0.2) is 0 Å². The number of carboxylic acids is 2. The van der Waals surface area contributed by atoms with Crippen LogP contribution in [0.5, 0.6) is 0 Å². The van der Waals surface area contributed by atoms with Gasteiger partial charge in [-0.1, -0.05) is 0 Å². The number of ketones is 1. The molecular weight excluding hydrogens is 159 g/mol. The van der Waals surface area contributed by atoms with Crippen LogP contribution in [0.3, 0.4) is 0 Å². The van der Waals surface area contributed by atoms with Crippen molar-refractivity contribution in [3.8, 4) is 0 Å². The summed E-state index contributed by atoms with van der Waals surface area (Å²) in [6.45, 7) is 0. The number of carboxylic acid groups (broad SMARTS) is 2. The van der Waals surface area contributed by atoms with E-state index in [1.165, 1.54) is 0 Å². The zero-order chi connectivity index (χ0) is 8.85. The first kappa shape index (κ1) is 13.8. The first-order valence-electron chi connectivity index (χ1n) is 2.95. The van der Waals surface area contributed by atoms with Gasteiger partial charge in [-0.05, 0) is 0 Å². The van der Waals surface area contributed by atoms with Crippen LogP contribution in [0.25, 0.3) is 0 Å². The van der Waals surface area contributed by atoms with Gasteiger partial charge in [-0.2, -0.15) is 0 Å². The molecule has 0 heterocycles. The summed E-state index contributed by atoms with van der Waals surface area (Å²) in [7, 11) is 0. The van der Waals surface area contributed by atoms with Crippen LogP contribution in [-0.2, 0) is 14.4 Å². The predicted molar refractivity (Wildman–Crippen MR) is 31.5 cm³/mol. The molecule has 0 amide bonds. The molecule has 0 aromatic heterocycles. The maximum Gasteiger partial charge on any atom is 1.00 e. The third kappa shape index (κ3) is 9.21. The van der Waals surface area contributed by atoms with E-state index < -0.39 is 24.1 Å². The Morgan fingerprint density at radius 2 is 1.67 bits per heavy atom. The van der Waals surface area contributed by atoms with Crippen molar-refractivity contribution in [3.63, 3.8) is 0 Å². The number of hydrogen-bond acceptors (Lipinski definition) is 4. The van der Waals surface area contributed by atoms with E-state index in [-0.39, 0.29) is 31.7 Å². The summed E-state index contributed by atoms with van der Waals surface area (Å²) < 4.78 is 0. The Balaban J connectivity index is 0. The third-order valence-corrected chi connectivity index (χ3v) is 0.959. The molecule has 0 aromatic carbocycles. The van der Waals surface area contributed by atoms with E-state index in [1.807, 2.05) is 0 Å². The third-order valence-electron chi connectivity index (χ3n) is 0.959. The van der Waals surface area contributed by atoms with Gasteiger partial charge in [0.25, 0.3) is 0 Å². The topological polar surface area (TPSA) is 94.5 Å². The zero-order valence-corrected chi connectivity index (χ0v) is 6.70. The number of hydrogen-bond donors (Lipinski definition) is 1. The minimum Gasteiger partial charge on any atom is -0.550 e. The summed E-state index contributed by atoms with van der Waals surface area (Å²) in [6, 6.07) is 0. The molecule has 0 fully saturated rings. The number of rotatable bonds is 5. The average Bonchev–Trinajstić information content (AvgIpc) is 1.82. The van der Waals surface area contributed by atoms with Gasteiger partial charge in [0.15, 0.2) is 0 Å². The van der Waals surface area contributed by atoms with E-state index in [2.05, 4.69) is 0 Å². The summed E-state index contributed by atoms with van der Waals surface area (Å²) >= 11 is 0. The van der Waals surface area contributed by atoms with Gasteiger partial charge in [0.1, 0.15) is 5.78 Å². The number of Topliss-reactive ketones (excluding diaryl/α,β-unsaturated/α-hetero) is 1. The van der Waals surface area contributed by atoms with Crippen LogP contribution < -0.4 is 24.0 Å². The molecule has 12 heavy (non-hydrogen) atoms. The van der Waals surface area contributed by atoms with Crippen molar-refractivity contribution in [2.45, 2.75) is 19.3 Å². The maximum atomic E-state index is 10.5. The maximum absolute atomic E-state index is 10.5. The van der Waals surface area contributed by atoms with Gasteiger partial charge in [-0.3, -0.25) is 9.59 Å². The molecule has 0 aliphatic rings. The van der Waals surface area contributed by atoms with Gasteiger partial charge in [-0.15, -0.1) is 0 Å². The van der Waals surface area contributed by atoms with Crippen LogP contribution in [-0.4, -0.2) is 22.8 Å². The van der Waals surface area contributed by atoms with E-state index in [9.17, 15) is 19.5 Å². The number of aliphatic carboxylic acids is 2. The molecule has 0 aromatic rings. The first-order chi connectivity index (χ1) is 5.02. The van der Waals surface area contributed by atoms with Crippen molar-refractivity contribution in [2.24, 2.45) is 0 Å². The fraction of sp³-hybridized carbons (Fsp3) is 0.500. The van der Waals surface area contributed by atoms with Crippen LogP contribution >= 0.6 is 0 Å². The normalized spacial score (nSPS) is 8.33. The smallest absolute Gasteiger partial charge is 0.550 e. The monoisotopic (exact) mass is 166 g/mol. The van der Waals surface area contributed by atoms with E-state index in [0.29, 0.717) is 0 Å². The van der Waals surface area contributed by atoms with Gasteiger partial charge in [0.2, 0.25) is 0 Å². The summed E-state index contributed by atoms with van der Waals surface area (Å²) in [5, 5.41) is 17.9. The second-order valence-corrected chi connectivity index (χ2v) is 1.98. The van der Waals surface area contributed by atoms with Gasteiger partial charge < -0.3 is 15.0 Å². The molecule has 0 spiro atoms. The summed E-state index contributed by atoms with van der Waals surface area (Å²) in [5.74, 6) is -3.20. The van der Waals surface area contributed by atoms with Crippen molar-refractivity contribution in [1.29, 1.82) is 0 Å². The predicted octanol–water partition coefficient (Wildman–Crippen LogP) is -4.44. The Morgan fingerprint density at radius 1 is 1.17 bits per heavy atom. The Morgan fingerprint density at radius 3 is 2.00 bits per heavy atom. The quantitative estimate of drug-likeness (QED) is 0.328. The van der Waals surface area contributed by atoms with Crippen LogP contribution in [0, 0.1) is 0 Å². The van der Waals surface area contributed by atoms with Crippen molar-refractivity contribution < 1.29 is 43.5 Å². The molecule has 0 saturated carbocycles.